The molecule has 0 radical (unpaired) electrons. The van der Waals surface area contributed by atoms with E-state index in [0.717, 1.165) is 60.3 Å². The lowest BCUT2D eigenvalue weighted by Crippen LogP contribution is -2.35. The van der Waals surface area contributed by atoms with Gasteiger partial charge in [0.2, 0.25) is 5.95 Å². The first-order chi connectivity index (χ1) is 14.0. The largest absolute Gasteiger partial charge is 0.495 e. The van der Waals surface area contributed by atoms with Gasteiger partial charge < -0.3 is 26.1 Å². The highest BCUT2D eigenvalue weighted by Crippen LogP contribution is 2.29. The molecule has 8 heteroatoms. The normalized spacial score (nSPS) is 16.0. The Hall–Kier alpha value is -3.13. The summed E-state index contributed by atoms with van der Waals surface area (Å²) in [6, 6.07) is 7.65. The molecule has 3 rings (SSSR count). The molecule has 4 N–H and O–H groups in total. The van der Waals surface area contributed by atoms with Crippen molar-refractivity contribution in [1.82, 2.24) is 14.9 Å². The van der Waals surface area contributed by atoms with Crippen LogP contribution in [0, 0.1) is 12.3 Å². The number of piperidine rings is 1. The molecule has 0 bridgehead atoms. The summed E-state index contributed by atoms with van der Waals surface area (Å²) in [6.45, 7) is 6.79. The molecule has 1 aliphatic heterocycles. The highest BCUT2D eigenvalue weighted by Gasteiger charge is 2.17. The van der Waals surface area contributed by atoms with Crippen LogP contribution in [-0.2, 0) is 0 Å². The zero-order valence-corrected chi connectivity index (χ0v) is 17.5. The van der Waals surface area contributed by atoms with E-state index in [4.69, 9.17) is 10.1 Å². The van der Waals surface area contributed by atoms with Crippen LogP contribution in [0.15, 0.2) is 36.0 Å². The van der Waals surface area contributed by atoms with Gasteiger partial charge in [0, 0.05) is 61.5 Å². The van der Waals surface area contributed by atoms with Crippen molar-refractivity contribution in [2.45, 2.75) is 20.3 Å². The number of ether oxygens (including phenoxy) is 1. The number of nitrogens with one attached hydrogen (secondary N) is 4. The number of hydrogen-bond donors (Lipinski definition) is 4. The van der Waals surface area contributed by atoms with Crippen LogP contribution < -0.4 is 20.7 Å². The predicted molar refractivity (Wildman–Crippen MR) is 119 cm³/mol. The van der Waals surface area contributed by atoms with E-state index < -0.39 is 0 Å². The molecule has 2 heterocycles. The third-order valence-corrected chi connectivity index (χ3v) is 4.87. The van der Waals surface area contributed by atoms with Crippen molar-refractivity contribution in [2.75, 3.05) is 49.7 Å². The summed E-state index contributed by atoms with van der Waals surface area (Å²) >= 11 is 0. The van der Waals surface area contributed by atoms with Crippen molar-refractivity contribution < 1.29 is 4.74 Å². The Morgan fingerprint density at radius 2 is 2.10 bits per heavy atom. The molecule has 1 aromatic heterocycles. The van der Waals surface area contributed by atoms with Crippen molar-refractivity contribution in [3.63, 3.8) is 0 Å². The van der Waals surface area contributed by atoms with Gasteiger partial charge in [-0.3, -0.25) is 4.90 Å². The average molecular weight is 396 g/mol. The number of hydrogen-bond acceptors (Lipinski definition) is 8. The van der Waals surface area contributed by atoms with Crippen LogP contribution >= 0.6 is 0 Å². The van der Waals surface area contributed by atoms with Crippen LogP contribution in [0.4, 0.5) is 23.1 Å². The van der Waals surface area contributed by atoms with Gasteiger partial charge in [-0.1, -0.05) is 6.92 Å². The molecular weight excluding hydrogens is 366 g/mol. The number of rotatable bonds is 7. The molecular formula is C21H29N7O. The third kappa shape index (κ3) is 5.23. The number of aryl methyl sites for hydroxylation is 1. The van der Waals surface area contributed by atoms with E-state index in [-0.39, 0.29) is 0 Å². The highest BCUT2D eigenvalue weighted by atomic mass is 16.5. The minimum absolute atomic E-state index is 0.525. The van der Waals surface area contributed by atoms with Crippen molar-refractivity contribution in [2.24, 2.45) is 0 Å². The molecule has 8 nitrogen and oxygen atoms in total. The quantitative estimate of drug-likeness (QED) is 0.568. The van der Waals surface area contributed by atoms with Gasteiger partial charge in [-0.05, 0) is 31.7 Å². The lowest BCUT2D eigenvalue weighted by atomic mass is 10.0. The molecule has 2 aromatic rings. The molecule has 0 aliphatic carbocycles. The lowest BCUT2D eigenvalue weighted by molar-refractivity contribution is 0.314. The zero-order valence-electron chi connectivity index (χ0n) is 17.5. The van der Waals surface area contributed by atoms with E-state index in [1.807, 2.05) is 44.4 Å². The van der Waals surface area contributed by atoms with Crippen LogP contribution in [0.5, 0.6) is 5.75 Å². The number of nitrogens with zero attached hydrogens (tertiary/aromatic N) is 3. The summed E-state index contributed by atoms with van der Waals surface area (Å²) in [7, 11) is 3.47. The second-order valence-electron chi connectivity index (χ2n) is 6.92. The summed E-state index contributed by atoms with van der Waals surface area (Å²) in [5, 5.41) is 17.8. The molecule has 0 unspecified atom stereocenters. The Kier molecular flexibility index (Phi) is 6.66. The number of likely N-dealkylation sites (tertiary alicyclic amines) is 1. The Morgan fingerprint density at radius 1 is 1.28 bits per heavy atom. The minimum Gasteiger partial charge on any atom is -0.495 e. The van der Waals surface area contributed by atoms with Gasteiger partial charge in [-0.2, -0.15) is 4.98 Å². The Balaban J connectivity index is 1.81. The fraction of sp³-hybridized carbons (Fsp3) is 0.381. The van der Waals surface area contributed by atoms with E-state index in [2.05, 4.69) is 37.7 Å². The maximum absolute atomic E-state index is 8.22. The first-order valence-corrected chi connectivity index (χ1v) is 9.76. The first-order valence-electron chi connectivity index (χ1n) is 9.76. The third-order valence-electron chi connectivity index (χ3n) is 4.87. The minimum atomic E-state index is 0.525. The van der Waals surface area contributed by atoms with Crippen molar-refractivity contribution in [1.29, 1.82) is 5.41 Å². The smallest absolute Gasteiger partial charge is 0.229 e. The Labute approximate surface area is 171 Å². The van der Waals surface area contributed by atoms with Gasteiger partial charge in [0.1, 0.15) is 11.6 Å². The average Bonchev–Trinajstić information content (AvgIpc) is 2.72. The van der Waals surface area contributed by atoms with Gasteiger partial charge in [0.25, 0.3) is 0 Å². The second-order valence-corrected chi connectivity index (χ2v) is 6.92. The summed E-state index contributed by atoms with van der Waals surface area (Å²) in [5.74, 6) is 2.01. The van der Waals surface area contributed by atoms with Gasteiger partial charge in [0.05, 0.1) is 12.8 Å². The first kappa shape index (κ1) is 20.6. The number of methoxy groups -OCH3 is 1. The van der Waals surface area contributed by atoms with E-state index in [9.17, 15) is 0 Å². The van der Waals surface area contributed by atoms with Crippen molar-refractivity contribution >= 4 is 28.9 Å². The molecule has 154 valence electrons. The number of likely N-dealkylation sites (N-methyl/N-ethyl adjacent to an activating group) is 1. The number of anilines is 4. The monoisotopic (exact) mass is 395 g/mol. The van der Waals surface area contributed by atoms with E-state index in [0.29, 0.717) is 11.7 Å². The van der Waals surface area contributed by atoms with Crippen molar-refractivity contribution in [3.05, 3.63) is 41.7 Å². The van der Waals surface area contributed by atoms with Gasteiger partial charge in [-0.15, -0.1) is 0 Å². The van der Waals surface area contributed by atoms with E-state index in [1.54, 1.807) is 7.11 Å². The molecule has 0 saturated carbocycles. The molecule has 0 atom stereocenters. The topological polar surface area (TPSA) is 98.2 Å². The van der Waals surface area contributed by atoms with Gasteiger partial charge in [-0.25, -0.2) is 4.98 Å². The summed E-state index contributed by atoms with van der Waals surface area (Å²) < 4.78 is 5.49. The van der Waals surface area contributed by atoms with Gasteiger partial charge >= 0.3 is 0 Å². The molecule has 1 aliphatic rings. The molecule has 29 heavy (non-hydrogen) atoms. The maximum atomic E-state index is 8.22. The van der Waals surface area contributed by atoms with Crippen LogP contribution in [0.3, 0.4) is 0 Å². The molecule has 0 spiro atoms. The molecule has 0 amide bonds. The summed E-state index contributed by atoms with van der Waals surface area (Å²) in [4.78, 5) is 11.2. The van der Waals surface area contributed by atoms with Crippen molar-refractivity contribution in [3.8, 4) is 5.75 Å². The van der Waals surface area contributed by atoms with Gasteiger partial charge in [0.15, 0.2) is 0 Å². The zero-order chi connectivity index (χ0) is 20.8. The summed E-state index contributed by atoms with van der Waals surface area (Å²) in [6.07, 6.45) is 2.69. The van der Waals surface area contributed by atoms with Crippen LogP contribution in [-0.4, -0.2) is 54.4 Å². The molecule has 1 fully saturated rings. The van der Waals surface area contributed by atoms with Crippen LogP contribution in [0.2, 0.25) is 0 Å². The summed E-state index contributed by atoms with van der Waals surface area (Å²) in [5.41, 5.74) is 4.21. The standard InChI is InChI=1S/C21H29N7O/c1-5-28-9-8-17(22)15(13-28)12-24-18-11-16(6-7-19(18)29-4)26-21-25-14(2)10-20(23-3)27-21/h6-7,10-12,22,24H,5,8-9,13H2,1-4H3,(H2,23,25,26,27)/b15-12-,22-17?. The fourth-order valence-corrected chi connectivity index (χ4v) is 3.19. The molecule has 1 aromatic carbocycles. The fourth-order valence-electron chi connectivity index (χ4n) is 3.19. The number of benzene rings is 1. The van der Waals surface area contributed by atoms with E-state index in [1.165, 1.54) is 0 Å². The Bertz CT molecular complexity index is 910. The van der Waals surface area contributed by atoms with Crippen LogP contribution in [0.1, 0.15) is 19.0 Å². The lowest BCUT2D eigenvalue weighted by Gasteiger charge is -2.28. The number of aromatic nitrogens is 2. The maximum Gasteiger partial charge on any atom is 0.229 e. The Morgan fingerprint density at radius 3 is 2.83 bits per heavy atom. The highest BCUT2D eigenvalue weighted by molar-refractivity contribution is 5.99. The van der Waals surface area contributed by atoms with E-state index >= 15 is 0 Å². The second kappa shape index (κ2) is 9.38. The van der Waals surface area contributed by atoms with Crippen LogP contribution in [0.25, 0.3) is 0 Å². The molecule has 1 saturated heterocycles. The SMILES string of the molecule is CCN1CCC(=N)/C(=C\Nc2cc(Nc3nc(C)cc(NC)n3)ccc2OC)C1. The predicted octanol–water partition coefficient (Wildman–Crippen LogP) is 3.62.